The molecule has 5 nitrogen and oxygen atoms in total. The van der Waals surface area contributed by atoms with Crippen LogP contribution >= 0.6 is 0 Å². The molecule has 27 heavy (non-hydrogen) atoms. The number of nitrogens with zero attached hydrogens (tertiary/aromatic N) is 2. The average molecular weight is 359 g/mol. The van der Waals surface area contributed by atoms with Gasteiger partial charge in [-0.3, -0.25) is 9.59 Å². The zero-order chi connectivity index (χ0) is 19.6. The molecule has 1 fully saturated rings. The zero-order valence-electron chi connectivity index (χ0n) is 15.6. The van der Waals surface area contributed by atoms with Crippen molar-refractivity contribution in [2.75, 3.05) is 7.05 Å². The maximum atomic E-state index is 13.0. The van der Waals surface area contributed by atoms with Crippen LogP contribution in [0, 0.1) is 18.3 Å². The Morgan fingerprint density at radius 2 is 1.85 bits per heavy atom. The van der Waals surface area contributed by atoms with E-state index in [1.54, 1.807) is 32.2 Å². The van der Waals surface area contributed by atoms with Gasteiger partial charge in [-0.1, -0.05) is 42.5 Å². The number of rotatable bonds is 3. The molecule has 1 aliphatic rings. The van der Waals surface area contributed by atoms with Crippen LogP contribution in [0.3, 0.4) is 0 Å². The fourth-order valence-corrected chi connectivity index (χ4v) is 3.39. The standard InChI is InChI=1S/C22H21N3O2/c1-15-8-7-11-17(14-23)18(15)12-19-20(26)24-22(2,21(27)25(19)3)13-16-9-5-4-6-10-16/h4-12H,13H2,1-3H3,(H,24,26)/b19-12-. The number of benzene rings is 2. The summed E-state index contributed by atoms with van der Waals surface area (Å²) in [4.78, 5) is 27.2. The van der Waals surface area contributed by atoms with Crippen LogP contribution in [0.4, 0.5) is 0 Å². The predicted octanol–water partition coefficient (Wildman–Crippen LogP) is 2.80. The maximum absolute atomic E-state index is 13.0. The molecule has 0 aliphatic carbocycles. The van der Waals surface area contributed by atoms with E-state index < -0.39 is 5.54 Å². The molecule has 0 spiro atoms. The Balaban J connectivity index is 1.96. The number of carbonyl (C=O) groups excluding carboxylic acids is 2. The largest absolute Gasteiger partial charge is 0.336 e. The number of likely N-dealkylation sites (N-methyl/N-ethyl adjacent to an activating group) is 1. The Bertz CT molecular complexity index is 973. The van der Waals surface area contributed by atoms with Crippen LogP contribution in [-0.4, -0.2) is 29.3 Å². The highest BCUT2D eigenvalue weighted by Crippen LogP contribution is 2.26. The van der Waals surface area contributed by atoms with Crippen LogP contribution in [0.1, 0.15) is 29.2 Å². The van der Waals surface area contributed by atoms with Crippen molar-refractivity contribution in [3.63, 3.8) is 0 Å². The predicted molar refractivity (Wildman–Crippen MR) is 103 cm³/mol. The van der Waals surface area contributed by atoms with Gasteiger partial charge in [-0.05, 0) is 42.7 Å². The first-order valence-corrected chi connectivity index (χ1v) is 8.72. The molecular formula is C22H21N3O2. The highest BCUT2D eigenvalue weighted by Gasteiger charge is 2.44. The van der Waals surface area contributed by atoms with Crippen LogP contribution in [0.2, 0.25) is 0 Å². The normalized spacial score (nSPS) is 21.1. The van der Waals surface area contributed by atoms with Gasteiger partial charge in [0.15, 0.2) is 0 Å². The third kappa shape index (κ3) is 3.47. The summed E-state index contributed by atoms with van der Waals surface area (Å²) in [6.07, 6.45) is 2.02. The first-order chi connectivity index (χ1) is 12.9. The minimum Gasteiger partial charge on any atom is -0.336 e. The summed E-state index contributed by atoms with van der Waals surface area (Å²) < 4.78 is 0. The molecule has 2 aromatic rings. The van der Waals surface area contributed by atoms with Crippen molar-refractivity contribution in [3.8, 4) is 6.07 Å². The van der Waals surface area contributed by atoms with E-state index in [9.17, 15) is 14.9 Å². The van der Waals surface area contributed by atoms with Crippen LogP contribution in [-0.2, 0) is 16.0 Å². The third-order valence-electron chi connectivity index (χ3n) is 4.89. The summed E-state index contributed by atoms with van der Waals surface area (Å²) in [6.45, 7) is 3.61. The average Bonchev–Trinajstić information content (AvgIpc) is 2.65. The molecule has 0 bridgehead atoms. The molecule has 5 heteroatoms. The van der Waals surface area contributed by atoms with E-state index in [4.69, 9.17) is 0 Å². The van der Waals surface area contributed by atoms with Crippen LogP contribution in [0.25, 0.3) is 6.08 Å². The van der Waals surface area contributed by atoms with Crippen molar-refractivity contribution >= 4 is 17.9 Å². The minimum atomic E-state index is -1.02. The number of nitriles is 1. The van der Waals surface area contributed by atoms with Crippen molar-refractivity contribution in [1.29, 1.82) is 5.26 Å². The van der Waals surface area contributed by atoms with Gasteiger partial charge in [-0.25, -0.2) is 0 Å². The molecule has 136 valence electrons. The van der Waals surface area contributed by atoms with E-state index in [1.165, 1.54) is 4.90 Å². The van der Waals surface area contributed by atoms with Crippen molar-refractivity contribution in [2.24, 2.45) is 0 Å². The van der Waals surface area contributed by atoms with Gasteiger partial charge < -0.3 is 10.2 Å². The molecule has 2 aromatic carbocycles. The number of hydrogen-bond acceptors (Lipinski definition) is 3. The number of hydrogen-bond donors (Lipinski definition) is 1. The topological polar surface area (TPSA) is 73.2 Å². The molecule has 1 N–H and O–H groups in total. The molecule has 1 unspecified atom stereocenters. The number of carbonyl (C=O) groups is 2. The monoisotopic (exact) mass is 359 g/mol. The van der Waals surface area contributed by atoms with Crippen LogP contribution in [0.15, 0.2) is 54.2 Å². The molecule has 0 radical (unpaired) electrons. The van der Waals surface area contributed by atoms with Crippen molar-refractivity contribution in [2.45, 2.75) is 25.8 Å². The first kappa shape index (κ1) is 18.4. The summed E-state index contributed by atoms with van der Waals surface area (Å²) in [5.74, 6) is -0.521. The SMILES string of the molecule is Cc1cccc(C#N)c1/C=C1/C(=O)NC(C)(Cc2ccccc2)C(=O)N1C. The summed E-state index contributed by atoms with van der Waals surface area (Å²) in [7, 11) is 1.60. The highest BCUT2D eigenvalue weighted by molar-refractivity contribution is 6.09. The summed E-state index contributed by atoms with van der Waals surface area (Å²) >= 11 is 0. The molecule has 1 atom stereocenters. The van der Waals surface area contributed by atoms with Crippen molar-refractivity contribution in [1.82, 2.24) is 10.2 Å². The molecule has 3 rings (SSSR count). The van der Waals surface area contributed by atoms with E-state index in [1.807, 2.05) is 43.3 Å². The van der Waals surface area contributed by atoms with Crippen LogP contribution < -0.4 is 5.32 Å². The van der Waals surface area contributed by atoms with Gasteiger partial charge in [0, 0.05) is 13.5 Å². The fraction of sp³-hybridized carbons (Fsp3) is 0.227. The molecular weight excluding hydrogens is 338 g/mol. The minimum absolute atomic E-state index is 0.190. The lowest BCUT2D eigenvalue weighted by Crippen LogP contribution is -2.64. The lowest BCUT2D eigenvalue weighted by Gasteiger charge is -2.39. The second-order valence-electron chi connectivity index (χ2n) is 6.99. The quantitative estimate of drug-likeness (QED) is 0.857. The zero-order valence-corrected chi connectivity index (χ0v) is 15.6. The smallest absolute Gasteiger partial charge is 0.268 e. The number of amides is 2. The maximum Gasteiger partial charge on any atom is 0.268 e. The highest BCUT2D eigenvalue weighted by atomic mass is 16.2. The Morgan fingerprint density at radius 3 is 2.52 bits per heavy atom. The third-order valence-corrected chi connectivity index (χ3v) is 4.89. The molecule has 1 aliphatic heterocycles. The lowest BCUT2D eigenvalue weighted by atomic mass is 9.88. The van der Waals surface area contributed by atoms with Gasteiger partial charge in [-0.2, -0.15) is 5.26 Å². The Kier molecular flexibility index (Phi) is 4.83. The molecule has 1 saturated heterocycles. The first-order valence-electron chi connectivity index (χ1n) is 8.72. The summed E-state index contributed by atoms with van der Waals surface area (Å²) in [5.41, 5.74) is 2.17. The molecule has 2 amide bonds. The van der Waals surface area contributed by atoms with Gasteiger partial charge in [-0.15, -0.1) is 0 Å². The number of nitrogens with one attached hydrogen (secondary N) is 1. The van der Waals surface area contributed by atoms with E-state index in [0.29, 0.717) is 17.5 Å². The van der Waals surface area contributed by atoms with E-state index >= 15 is 0 Å². The van der Waals surface area contributed by atoms with Crippen molar-refractivity contribution in [3.05, 3.63) is 76.5 Å². The van der Waals surface area contributed by atoms with Crippen LogP contribution in [0.5, 0.6) is 0 Å². The van der Waals surface area contributed by atoms with Gasteiger partial charge in [0.05, 0.1) is 11.6 Å². The van der Waals surface area contributed by atoms with E-state index in [-0.39, 0.29) is 17.5 Å². The summed E-state index contributed by atoms with van der Waals surface area (Å²) in [6, 6.07) is 17.1. The molecule has 0 aromatic heterocycles. The van der Waals surface area contributed by atoms with Gasteiger partial charge in [0.25, 0.3) is 11.8 Å². The molecule has 0 saturated carbocycles. The Hall–Kier alpha value is -3.39. The van der Waals surface area contributed by atoms with E-state index in [2.05, 4.69) is 11.4 Å². The number of piperazine rings is 1. The Morgan fingerprint density at radius 1 is 1.15 bits per heavy atom. The van der Waals surface area contributed by atoms with Gasteiger partial charge >= 0.3 is 0 Å². The van der Waals surface area contributed by atoms with Gasteiger partial charge in [0.1, 0.15) is 11.2 Å². The Labute approximate surface area is 158 Å². The number of aryl methyl sites for hydroxylation is 1. The molecule has 1 heterocycles. The van der Waals surface area contributed by atoms with Crippen molar-refractivity contribution < 1.29 is 9.59 Å². The second-order valence-corrected chi connectivity index (χ2v) is 6.99. The fourth-order valence-electron chi connectivity index (χ4n) is 3.39. The second kappa shape index (κ2) is 7.08. The van der Waals surface area contributed by atoms with Gasteiger partial charge in [0.2, 0.25) is 0 Å². The van der Waals surface area contributed by atoms with E-state index in [0.717, 1.165) is 11.1 Å². The summed E-state index contributed by atoms with van der Waals surface area (Å²) in [5, 5.41) is 12.2. The lowest BCUT2D eigenvalue weighted by molar-refractivity contribution is -0.143.